The predicted octanol–water partition coefficient (Wildman–Crippen LogP) is 1.65. The fourth-order valence-corrected chi connectivity index (χ4v) is 3.69. The van der Waals surface area contributed by atoms with Gasteiger partial charge in [0.05, 0.1) is 5.69 Å². The second-order valence-corrected chi connectivity index (χ2v) is 7.29. The van der Waals surface area contributed by atoms with Gasteiger partial charge in [0.2, 0.25) is 11.9 Å². The lowest BCUT2D eigenvalue weighted by atomic mass is 10.1. The van der Waals surface area contributed by atoms with Gasteiger partial charge in [-0.25, -0.2) is 19.9 Å². The molecule has 2 unspecified atom stereocenters. The van der Waals surface area contributed by atoms with Gasteiger partial charge in [0.1, 0.15) is 24.6 Å². The molecule has 9 nitrogen and oxygen atoms in total. The molecular weight excluding hydrogens is 413 g/mol. The summed E-state index contributed by atoms with van der Waals surface area (Å²) in [7, 11) is 0. The van der Waals surface area contributed by atoms with Gasteiger partial charge in [-0.2, -0.15) is 13.2 Å². The summed E-state index contributed by atoms with van der Waals surface area (Å²) in [4.78, 5) is 34.4. The third-order valence-electron chi connectivity index (χ3n) is 5.19. The lowest BCUT2D eigenvalue weighted by Crippen LogP contribution is -2.52. The van der Waals surface area contributed by atoms with Gasteiger partial charge in [0.25, 0.3) is 0 Å². The first-order valence-corrected chi connectivity index (χ1v) is 9.77. The molecule has 3 aromatic heterocycles. The van der Waals surface area contributed by atoms with Crippen molar-refractivity contribution in [1.29, 1.82) is 0 Å². The van der Waals surface area contributed by atoms with Crippen LogP contribution in [0.5, 0.6) is 0 Å². The molecular formula is C19H21F3N8O. The Hall–Kier alpha value is -3.28. The van der Waals surface area contributed by atoms with Crippen LogP contribution in [0.25, 0.3) is 22.3 Å². The van der Waals surface area contributed by atoms with Crippen LogP contribution >= 0.6 is 0 Å². The van der Waals surface area contributed by atoms with Gasteiger partial charge in [-0.3, -0.25) is 4.79 Å². The second-order valence-electron chi connectivity index (χ2n) is 7.29. The van der Waals surface area contributed by atoms with Gasteiger partial charge < -0.3 is 20.5 Å². The molecule has 164 valence electrons. The van der Waals surface area contributed by atoms with Gasteiger partial charge in [0.15, 0.2) is 0 Å². The van der Waals surface area contributed by atoms with Crippen molar-refractivity contribution in [2.24, 2.45) is 0 Å². The Morgan fingerprint density at radius 2 is 2.23 bits per heavy atom. The molecule has 0 radical (unpaired) electrons. The first kappa shape index (κ1) is 21.0. The summed E-state index contributed by atoms with van der Waals surface area (Å²) in [6.45, 7) is 1.48. The molecule has 1 fully saturated rings. The van der Waals surface area contributed by atoms with E-state index in [1.54, 1.807) is 36.5 Å². The Balaban J connectivity index is 1.66. The number of nitrogens with one attached hydrogen (secondary N) is 3. The van der Waals surface area contributed by atoms with Gasteiger partial charge in [-0.1, -0.05) is 0 Å². The maximum absolute atomic E-state index is 12.6. The number of aromatic nitrogens is 5. The van der Waals surface area contributed by atoms with E-state index >= 15 is 0 Å². The highest BCUT2D eigenvalue weighted by Gasteiger charge is 2.34. The van der Waals surface area contributed by atoms with Crippen molar-refractivity contribution < 1.29 is 18.0 Å². The summed E-state index contributed by atoms with van der Waals surface area (Å²) in [5, 5.41) is 5.94. The van der Waals surface area contributed by atoms with Crippen LogP contribution in [-0.2, 0) is 4.79 Å². The molecule has 0 bridgehead atoms. The molecule has 31 heavy (non-hydrogen) atoms. The molecule has 4 rings (SSSR count). The van der Waals surface area contributed by atoms with Crippen molar-refractivity contribution in [3.05, 3.63) is 31.0 Å². The Kier molecular flexibility index (Phi) is 5.72. The molecule has 0 spiro atoms. The van der Waals surface area contributed by atoms with Gasteiger partial charge in [0, 0.05) is 42.1 Å². The van der Waals surface area contributed by atoms with Gasteiger partial charge in [-0.05, 0) is 26.0 Å². The quantitative estimate of drug-likeness (QED) is 0.541. The van der Waals surface area contributed by atoms with Crippen LogP contribution in [-0.4, -0.2) is 68.7 Å². The van der Waals surface area contributed by atoms with Crippen molar-refractivity contribution in [2.45, 2.75) is 31.6 Å². The molecule has 0 aromatic carbocycles. The summed E-state index contributed by atoms with van der Waals surface area (Å²) in [5.41, 5.74) is 2.00. The van der Waals surface area contributed by atoms with Crippen LogP contribution in [0.1, 0.15) is 13.3 Å². The number of aromatic amines is 1. The molecule has 3 N–H and O–H groups in total. The molecule has 0 saturated carbocycles. The maximum atomic E-state index is 12.6. The monoisotopic (exact) mass is 434 g/mol. The summed E-state index contributed by atoms with van der Waals surface area (Å²) >= 11 is 0. The first-order valence-electron chi connectivity index (χ1n) is 9.77. The molecule has 4 heterocycles. The molecule has 0 aliphatic carbocycles. The molecule has 2 atom stereocenters. The Bertz CT molecular complexity index is 1060. The van der Waals surface area contributed by atoms with Crippen LogP contribution in [0.2, 0.25) is 0 Å². The lowest BCUT2D eigenvalue weighted by molar-refractivity contribution is -0.139. The van der Waals surface area contributed by atoms with Crippen LogP contribution in [0, 0.1) is 0 Å². The number of nitrogens with zero attached hydrogens (tertiary/aromatic N) is 5. The fraction of sp³-hybridized carbons (Fsp3) is 0.421. The van der Waals surface area contributed by atoms with Crippen LogP contribution in [0.3, 0.4) is 0 Å². The van der Waals surface area contributed by atoms with Crippen molar-refractivity contribution in [1.82, 2.24) is 35.6 Å². The third-order valence-corrected chi connectivity index (χ3v) is 5.19. The average Bonchev–Trinajstić information content (AvgIpc) is 3.42. The number of carbonyl (C=O) groups is 1. The number of fused-ring (bicyclic) bond motifs is 1. The standard InChI is InChI=1S/C19H21F3N8O/c1-11(17(31)27-9-19(20,21)22)30(12-2-4-23-6-12)18-25-5-3-15(29-18)13-8-26-16-14(13)7-24-10-28-16/h3,5,7-8,10-12,23H,2,4,6,9H2,1H3,(H,27,31)(H,24,26,28). The number of hydrogen-bond donors (Lipinski definition) is 3. The Morgan fingerprint density at radius 3 is 2.97 bits per heavy atom. The number of H-pyrrole nitrogens is 1. The molecule has 1 amide bonds. The largest absolute Gasteiger partial charge is 0.405 e. The zero-order valence-electron chi connectivity index (χ0n) is 16.6. The SMILES string of the molecule is CC(C(=O)NCC(F)(F)F)N(c1nccc(-c2c[nH]c3ncncc23)n1)C1CCNC1. The topological polar surface area (TPSA) is 112 Å². The second kappa shape index (κ2) is 8.46. The maximum Gasteiger partial charge on any atom is 0.405 e. The van der Waals surface area contributed by atoms with E-state index in [-0.39, 0.29) is 12.0 Å². The number of alkyl halides is 3. The summed E-state index contributed by atoms with van der Waals surface area (Å²) in [6.07, 6.45) is 2.66. The van der Waals surface area contributed by atoms with E-state index in [4.69, 9.17) is 0 Å². The highest BCUT2D eigenvalue weighted by Crippen LogP contribution is 2.28. The van der Waals surface area contributed by atoms with Crippen LogP contribution < -0.4 is 15.5 Å². The van der Waals surface area contributed by atoms with E-state index in [0.29, 0.717) is 24.3 Å². The molecule has 1 saturated heterocycles. The highest BCUT2D eigenvalue weighted by molar-refractivity contribution is 5.92. The zero-order chi connectivity index (χ0) is 22.0. The summed E-state index contributed by atoms with van der Waals surface area (Å²) < 4.78 is 37.7. The molecule has 1 aliphatic rings. The number of anilines is 1. The minimum absolute atomic E-state index is 0.131. The number of rotatable bonds is 6. The highest BCUT2D eigenvalue weighted by atomic mass is 19.4. The summed E-state index contributed by atoms with van der Waals surface area (Å²) in [5.74, 6) is -0.467. The van der Waals surface area contributed by atoms with E-state index in [1.165, 1.54) is 6.33 Å². The number of hydrogen-bond acceptors (Lipinski definition) is 7. The van der Waals surface area contributed by atoms with Crippen LogP contribution in [0.15, 0.2) is 31.0 Å². The minimum atomic E-state index is -4.48. The number of amides is 1. The lowest BCUT2D eigenvalue weighted by Gasteiger charge is -2.33. The molecule has 1 aliphatic heterocycles. The fourth-order valence-electron chi connectivity index (χ4n) is 3.69. The Morgan fingerprint density at radius 1 is 1.39 bits per heavy atom. The third kappa shape index (κ3) is 4.58. The molecule has 3 aromatic rings. The summed E-state index contributed by atoms with van der Waals surface area (Å²) in [6, 6.07) is 0.695. The van der Waals surface area contributed by atoms with Crippen LogP contribution in [0.4, 0.5) is 19.1 Å². The van der Waals surface area contributed by atoms with E-state index in [2.05, 4.69) is 30.2 Å². The van der Waals surface area contributed by atoms with Crippen molar-refractivity contribution in [3.63, 3.8) is 0 Å². The minimum Gasteiger partial charge on any atom is -0.345 e. The number of carbonyl (C=O) groups excluding carboxylic acids is 1. The Labute approximate surface area is 175 Å². The van der Waals surface area contributed by atoms with Crippen molar-refractivity contribution in [3.8, 4) is 11.3 Å². The van der Waals surface area contributed by atoms with E-state index < -0.39 is 24.7 Å². The average molecular weight is 434 g/mol. The molecule has 12 heteroatoms. The predicted molar refractivity (Wildman–Crippen MR) is 107 cm³/mol. The normalized spacial score (nSPS) is 17.6. The van der Waals surface area contributed by atoms with E-state index in [0.717, 1.165) is 17.5 Å². The van der Waals surface area contributed by atoms with Crippen molar-refractivity contribution in [2.75, 3.05) is 24.5 Å². The van der Waals surface area contributed by atoms with Crippen molar-refractivity contribution >= 4 is 22.9 Å². The van der Waals surface area contributed by atoms with Gasteiger partial charge in [-0.15, -0.1) is 0 Å². The van der Waals surface area contributed by atoms with E-state index in [1.807, 2.05) is 5.32 Å². The van der Waals surface area contributed by atoms with Gasteiger partial charge >= 0.3 is 6.18 Å². The zero-order valence-corrected chi connectivity index (χ0v) is 16.6. The number of halogens is 3. The van der Waals surface area contributed by atoms with E-state index in [9.17, 15) is 18.0 Å². The smallest absolute Gasteiger partial charge is 0.345 e. The first-order chi connectivity index (χ1) is 14.8.